The van der Waals surface area contributed by atoms with Gasteiger partial charge in [-0.3, -0.25) is 39.0 Å². The molecule has 15 heteroatoms. The van der Waals surface area contributed by atoms with Crippen molar-refractivity contribution in [1.29, 1.82) is 0 Å². The van der Waals surface area contributed by atoms with Gasteiger partial charge >= 0.3 is 0 Å². The summed E-state index contributed by atoms with van der Waals surface area (Å²) in [5.74, 6) is -4.34. The van der Waals surface area contributed by atoms with Gasteiger partial charge in [0.1, 0.15) is 36.3 Å². The van der Waals surface area contributed by atoms with E-state index >= 15 is 0 Å². The van der Waals surface area contributed by atoms with Gasteiger partial charge in [0, 0.05) is 6.92 Å². The molecule has 0 aromatic rings. The normalized spacial score (nSPS) is 13.8. The zero-order valence-electron chi connectivity index (χ0n) is 26.9. The van der Waals surface area contributed by atoms with E-state index < -0.39 is 77.6 Å². The highest BCUT2D eigenvalue weighted by molar-refractivity contribution is 5.96. The molecule has 0 fully saturated rings. The summed E-state index contributed by atoms with van der Waals surface area (Å²) < 4.78 is 0. The van der Waals surface area contributed by atoms with E-state index in [9.17, 15) is 33.6 Å². The number of carbonyl (C=O) groups is 7. The maximum Gasteiger partial charge on any atom is 0.242 e. The molecule has 0 radical (unpaired) electrons. The van der Waals surface area contributed by atoms with Crippen LogP contribution in [0.5, 0.6) is 0 Å². The lowest BCUT2D eigenvalue weighted by Gasteiger charge is -2.22. The zero-order valence-corrected chi connectivity index (χ0v) is 26.9. The van der Waals surface area contributed by atoms with Crippen LogP contribution in [0.1, 0.15) is 90.0 Å². The van der Waals surface area contributed by atoms with Crippen molar-refractivity contribution in [3.63, 3.8) is 0 Å². The predicted octanol–water partition coefficient (Wildman–Crippen LogP) is -0.897. The minimum atomic E-state index is -1.05. The van der Waals surface area contributed by atoms with E-state index in [1.54, 1.807) is 0 Å². The fourth-order valence-corrected chi connectivity index (χ4v) is 2.30. The molecule has 0 aromatic heterocycles. The van der Waals surface area contributed by atoms with Crippen LogP contribution < -0.4 is 43.2 Å². The number of primary amides is 1. The van der Waals surface area contributed by atoms with Gasteiger partial charge in [-0.05, 0) is 41.5 Å². The minimum Gasteiger partial charge on any atom is -0.368 e. The lowest BCUT2D eigenvalue weighted by Crippen LogP contribution is -2.57. The number of hydrazine groups is 1. The molecular weight excluding hydrogens is 536 g/mol. The molecule has 15 nitrogen and oxygen atoms in total. The predicted molar refractivity (Wildman–Crippen MR) is 158 cm³/mol. The first-order chi connectivity index (χ1) is 19.1. The van der Waals surface area contributed by atoms with Crippen molar-refractivity contribution in [2.75, 3.05) is 0 Å². The Morgan fingerprint density at radius 1 is 0.439 bits per heavy atom. The van der Waals surface area contributed by atoms with E-state index in [0.717, 1.165) is 0 Å². The summed E-state index contributed by atoms with van der Waals surface area (Å²) in [7, 11) is 0. The molecule has 3 unspecified atom stereocenters. The van der Waals surface area contributed by atoms with Gasteiger partial charge in [-0.1, -0.05) is 41.5 Å². The van der Waals surface area contributed by atoms with E-state index in [4.69, 9.17) is 5.73 Å². The molecule has 9 N–H and O–H groups in total. The van der Waals surface area contributed by atoms with E-state index in [1.165, 1.54) is 48.5 Å². The highest BCUT2D eigenvalue weighted by Gasteiger charge is 2.26. The van der Waals surface area contributed by atoms with Crippen molar-refractivity contribution in [3.8, 4) is 0 Å². The zero-order chi connectivity index (χ0) is 33.5. The molecule has 0 rings (SSSR count). The lowest BCUT2D eigenvalue weighted by molar-refractivity contribution is -0.134. The van der Waals surface area contributed by atoms with Crippen LogP contribution in [0.25, 0.3) is 0 Å². The third kappa shape index (κ3) is 20.8. The number of hydrogen-bond acceptors (Lipinski definition) is 8. The number of nitrogens with one attached hydrogen (secondary N) is 7. The molecule has 41 heavy (non-hydrogen) atoms. The quantitative estimate of drug-likeness (QED) is 0.125. The SMILES string of the molecule is CC.CC.CC.CC(=O)NNC(C)C(=O)N[C@@H](C)C(=O)NC(C)C(=O)N[C@@H](C)C(=O)NC(C)C(=O)N[C@@H](C)C(N)=O. The van der Waals surface area contributed by atoms with Gasteiger partial charge in [-0.2, -0.15) is 0 Å². The number of hydrogen-bond donors (Lipinski definition) is 8. The van der Waals surface area contributed by atoms with E-state index in [1.807, 2.05) is 41.5 Å². The second kappa shape index (κ2) is 25.2. The van der Waals surface area contributed by atoms with Crippen molar-refractivity contribution in [3.05, 3.63) is 0 Å². The van der Waals surface area contributed by atoms with Crippen LogP contribution in [0, 0.1) is 0 Å². The van der Waals surface area contributed by atoms with Crippen LogP contribution in [0.15, 0.2) is 0 Å². The third-order valence-corrected chi connectivity index (χ3v) is 4.65. The molecule has 0 aliphatic rings. The van der Waals surface area contributed by atoms with Crippen LogP contribution in [0.3, 0.4) is 0 Å². The summed E-state index contributed by atoms with van der Waals surface area (Å²) in [4.78, 5) is 82.9. The first-order valence-electron chi connectivity index (χ1n) is 13.9. The van der Waals surface area contributed by atoms with Crippen molar-refractivity contribution < 1.29 is 33.6 Å². The molecule has 0 heterocycles. The van der Waals surface area contributed by atoms with Crippen LogP contribution in [-0.4, -0.2) is 77.6 Å². The summed E-state index contributed by atoms with van der Waals surface area (Å²) in [6.45, 7) is 21.7. The number of amides is 7. The van der Waals surface area contributed by atoms with Crippen molar-refractivity contribution >= 4 is 41.4 Å². The van der Waals surface area contributed by atoms with E-state index in [0.29, 0.717) is 0 Å². The summed E-state index contributed by atoms with van der Waals surface area (Å²) in [6.07, 6.45) is 0. The van der Waals surface area contributed by atoms with Gasteiger partial charge in [0.2, 0.25) is 41.4 Å². The summed E-state index contributed by atoms with van der Waals surface area (Å²) in [5.41, 5.74) is 9.79. The maximum absolute atomic E-state index is 12.4. The van der Waals surface area contributed by atoms with E-state index in [-0.39, 0.29) is 0 Å². The summed E-state index contributed by atoms with van der Waals surface area (Å²) in [5, 5.41) is 12.0. The molecule has 0 bridgehead atoms. The highest BCUT2D eigenvalue weighted by atomic mass is 16.2. The summed E-state index contributed by atoms with van der Waals surface area (Å²) in [6, 6.07) is -5.85. The highest BCUT2D eigenvalue weighted by Crippen LogP contribution is 1.93. The molecule has 0 saturated heterocycles. The van der Waals surface area contributed by atoms with Crippen molar-refractivity contribution in [2.24, 2.45) is 5.73 Å². The largest absolute Gasteiger partial charge is 0.368 e. The molecule has 0 aromatic carbocycles. The molecule has 240 valence electrons. The van der Waals surface area contributed by atoms with Crippen LogP contribution in [0.2, 0.25) is 0 Å². The molecule has 0 aliphatic carbocycles. The maximum atomic E-state index is 12.4. The Labute approximate surface area is 244 Å². The second-order valence-electron chi connectivity index (χ2n) is 8.10. The standard InChI is InChI=1S/C20H36N8O7.3C2H6/c1-8(15(21)30)22-16(31)9(2)23-17(32)10(3)24-18(33)11(4)25-19(34)12(5)26-20(35)13(6)27-28-14(7)29;3*1-2/h8-13,27H,1-7H3,(H2,21,30)(H,22,31)(H,23,32)(H,24,33)(H,25,34)(H,26,35)(H,28,29);3*1-2H3/t8-,9?,10-,11?,12-,13?;;;/m0.../s1. The average molecular weight is 591 g/mol. The lowest BCUT2D eigenvalue weighted by atomic mass is 10.2. The average Bonchev–Trinajstić information content (AvgIpc) is 2.94. The van der Waals surface area contributed by atoms with Crippen LogP contribution >= 0.6 is 0 Å². The summed E-state index contributed by atoms with van der Waals surface area (Å²) >= 11 is 0. The third-order valence-electron chi connectivity index (χ3n) is 4.65. The first-order valence-corrected chi connectivity index (χ1v) is 13.9. The topological polar surface area (TPSA) is 230 Å². The number of nitrogens with two attached hydrogens (primary N) is 1. The van der Waals surface area contributed by atoms with Gasteiger partial charge in [0.25, 0.3) is 0 Å². The first kappa shape index (κ1) is 44.3. The molecular formula is C26H54N8O7. The second-order valence-corrected chi connectivity index (χ2v) is 8.10. The Morgan fingerprint density at radius 2 is 0.659 bits per heavy atom. The van der Waals surface area contributed by atoms with Crippen molar-refractivity contribution in [2.45, 2.75) is 126 Å². The number of carbonyl (C=O) groups excluding carboxylic acids is 7. The van der Waals surface area contributed by atoms with Crippen LogP contribution in [0.4, 0.5) is 0 Å². The van der Waals surface area contributed by atoms with Crippen LogP contribution in [-0.2, 0) is 33.6 Å². The molecule has 0 saturated carbocycles. The number of rotatable bonds is 13. The Balaban J connectivity index is -0.00000106. The van der Waals surface area contributed by atoms with E-state index in [2.05, 4.69) is 37.4 Å². The molecule has 0 aliphatic heterocycles. The Morgan fingerprint density at radius 3 is 0.878 bits per heavy atom. The van der Waals surface area contributed by atoms with Crippen molar-refractivity contribution in [1.82, 2.24) is 37.4 Å². The van der Waals surface area contributed by atoms with Gasteiger partial charge in [0.15, 0.2) is 0 Å². The fraction of sp³-hybridized carbons (Fsp3) is 0.731. The minimum absolute atomic E-state index is 0.395. The smallest absolute Gasteiger partial charge is 0.242 e. The van der Waals surface area contributed by atoms with Gasteiger partial charge < -0.3 is 32.3 Å². The molecule has 0 spiro atoms. The molecule has 7 amide bonds. The Kier molecular flexibility index (Phi) is 27.2. The van der Waals surface area contributed by atoms with Gasteiger partial charge in [-0.25, -0.2) is 5.43 Å². The Bertz CT molecular complexity index is 839. The van der Waals surface area contributed by atoms with Gasteiger partial charge in [0.05, 0.1) is 0 Å². The monoisotopic (exact) mass is 590 g/mol. The Hall–Kier alpha value is -3.75. The van der Waals surface area contributed by atoms with Gasteiger partial charge in [-0.15, -0.1) is 0 Å². The molecule has 6 atom stereocenters. The fourth-order valence-electron chi connectivity index (χ4n) is 2.30.